The van der Waals surface area contributed by atoms with Crippen molar-refractivity contribution >= 4 is 5.97 Å². The topological polar surface area (TPSA) is 46.5 Å². The zero-order valence-electron chi connectivity index (χ0n) is 14.8. The second kappa shape index (κ2) is 7.70. The Hall–Kier alpha value is -2.01. The number of halogens is 2. The van der Waals surface area contributed by atoms with Crippen molar-refractivity contribution in [1.29, 1.82) is 0 Å². The van der Waals surface area contributed by atoms with Crippen LogP contribution in [-0.2, 0) is 15.1 Å². The first-order valence-corrected chi connectivity index (χ1v) is 9.08. The molecule has 1 N–H and O–H groups in total. The fourth-order valence-corrected chi connectivity index (χ4v) is 4.03. The molecule has 0 atom stereocenters. The average Bonchev–Trinajstić information content (AvgIpc) is 2.62. The number of carbonyl (C=O) groups is 1. The van der Waals surface area contributed by atoms with Crippen LogP contribution < -0.4 is 0 Å². The third-order valence-corrected chi connectivity index (χ3v) is 5.51. The van der Waals surface area contributed by atoms with E-state index >= 15 is 0 Å². The summed E-state index contributed by atoms with van der Waals surface area (Å²) in [7, 11) is 0. The second-order valence-corrected chi connectivity index (χ2v) is 7.30. The lowest BCUT2D eigenvalue weighted by molar-refractivity contribution is -0.180. The zero-order chi connectivity index (χ0) is 18.7. The highest BCUT2D eigenvalue weighted by Gasteiger charge is 2.37. The van der Waals surface area contributed by atoms with Crippen molar-refractivity contribution in [3.05, 3.63) is 59.7 Å². The highest BCUT2D eigenvalue weighted by Crippen LogP contribution is 2.43. The third-order valence-electron chi connectivity index (χ3n) is 5.51. The molecule has 0 unspecified atom stereocenters. The molecular formula is C21H24F2O3. The van der Waals surface area contributed by atoms with E-state index in [-0.39, 0.29) is 0 Å². The molecule has 26 heavy (non-hydrogen) atoms. The summed E-state index contributed by atoms with van der Waals surface area (Å²) in [4.78, 5) is 11.2. The Morgan fingerprint density at radius 2 is 1.77 bits per heavy atom. The molecule has 0 aliphatic heterocycles. The molecule has 0 radical (unpaired) electrons. The molecule has 2 aliphatic carbocycles. The van der Waals surface area contributed by atoms with Crippen LogP contribution in [0, 0.1) is 11.8 Å². The summed E-state index contributed by atoms with van der Waals surface area (Å²) in [5.74, 6) is -0.847. The molecule has 0 aromatic heterocycles. The molecule has 0 heterocycles. The summed E-state index contributed by atoms with van der Waals surface area (Å²) < 4.78 is 31.5. The summed E-state index contributed by atoms with van der Waals surface area (Å²) >= 11 is 0. The average molecular weight is 362 g/mol. The van der Waals surface area contributed by atoms with Gasteiger partial charge in [0, 0.05) is 0 Å². The monoisotopic (exact) mass is 362 g/mol. The van der Waals surface area contributed by atoms with Crippen LogP contribution in [0.2, 0.25) is 0 Å². The minimum Gasteiger partial charge on any atom is -0.481 e. The summed E-state index contributed by atoms with van der Waals surface area (Å²) in [5.41, 5.74) is 0.263. The second-order valence-electron chi connectivity index (χ2n) is 7.30. The van der Waals surface area contributed by atoms with Crippen LogP contribution in [-0.4, -0.2) is 17.7 Å². The lowest BCUT2D eigenvalue weighted by atomic mass is 9.74. The summed E-state index contributed by atoms with van der Waals surface area (Å²) in [6, 6.07) is 7.53. The van der Waals surface area contributed by atoms with Crippen molar-refractivity contribution < 1.29 is 23.4 Å². The molecule has 1 saturated carbocycles. The molecule has 0 amide bonds. The van der Waals surface area contributed by atoms with Crippen molar-refractivity contribution in [1.82, 2.24) is 0 Å². The van der Waals surface area contributed by atoms with Gasteiger partial charge in [-0.15, -0.1) is 0 Å². The molecule has 0 saturated heterocycles. The first kappa shape index (κ1) is 18.8. The third kappa shape index (κ3) is 3.88. The van der Waals surface area contributed by atoms with E-state index in [0.717, 1.165) is 31.2 Å². The number of carboxylic acid groups (broad SMARTS) is 1. The van der Waals surface area contributed by atoms with Crippen LogP contribution >= 0.6 is 0 Å². The standard InChI is InChI=1S/C21H24F2O3/c1-14-6-8-15(9-7-14)17-4-2-3-5-18(17)21(26-20(22)23)12-10-16(11-13-21)19(24)25/h2-5,10-16,20H,6-9H2,1H3,(H,24,25)/t14-,15-,16?,21?. The van der Waals surface area contributed by atoms with Gasteiger partial charge in [0.15, 0.2) is 0 Å². The number of aliphatic carboxylic acids is 1. The van der Waals surface area contributed by atoms with E-state index in [1.54, 1.807) is 0 Å². The van der Waals surface area contributed by atoms with Crippen LogP contribution in [0.3, 0.4) is 0 Å². The van der Waals surface area contributed by atoms with Crippen molar-refractivity contribution in [3.8, 4) is 0 Å². The molecule has 2 aliphatic rings. The van der Waals surface area contributed by atoms with Gasteiger partial charge in [-0.2, -0.15) is 8.78 Å². The lowest BCUT2D eigenvalue weighted by Crippen LogP contribution is -2.32. The highest BCUT2D eigenvalue weighted by atomic mass is 19.3. The van der Waals surface area contributed by atoms with Gasteiger partial charge < -0.3 is 9.84 Å². The Bertz CT molecular complexity index is 689. The molecular weight excluding hydrogens is 338 g/mol. The van der Waals surface area contributed by atoms with E-state index in [0.29, 0.717) is 17.4 Å². The number of ether oxygens (including phenoxy) is 1. The molecule has 0 bridgehead atoms. The molecule has 1 aromatic carbocycles. The molecule has 0 spiro atoms. The van der Waals surface area contributed by atoms with Gasteiger partial charge in [-0.3, -0.25) is 4.79 Å². The largest absolute Gasteiger partial charge is 0.481 e. The lowest BCUT2D eigenvalue weighted by Gasteiger charge is -2.35. The molecule has 1 fully saturated rings. The van der Waals surface area contributed by atoms with Crippen molar-refractivity contribution in [2.24, 2.45) is 11.8 Å². The normalized spacial score (nSPS) is 31.3. The van der Waals surface area contributed by atoms with Gasteiger partial charge in [-0.25, -0.2) is 0 Å². The van der Waals surface area contributed by atoms with E-state index in [4.69, 9.17) is 9.84 Å². The summed E-state index contributed by atoms with van der Waals surface area (Å²) in [5, 5.41) is 9.15. The van der Waals surface area contributed by atoms with E-state index < -0.39 is 24.1 Å². The zero-order valence-corrected chi connectivity index (χ0v) is 14.8. The highest BCUT2D eigenvalue weighted by molar-refractivity contribution is 5.75. The van der Waals surface area contributed by atoms with Gasteiger partial charge in [0.2, 0.25) is 0 Å². The van der Waals surface area contributed by atoms with E-state index in [1.165, 1.54) is 24.3 Å². The molecule has 140 valence electrons. The van der Waals surface area contributed by atoms with Gasteiger partial charge >= 0.3 is 12.6 Å². The first-order valence-electron chi connectivity index (χ1n) is 9.08. The minimum atomic E-state index is -2.97. The maximum absolute atomic E-state index is 13.2. The Morgan fingerprint density at radius 1 is 1.15 bits per heavy atom. The number of hydrogen-bond acceptors (Lipinski definition) is 2. The van der Waals surface area contributed by atoms with Crippen LogP contribution in [0.15, 0.2) is 48.6 Å². The van der Waals surface area contributed by atoms with Crippen LogP contribution in [0.5, 0.6) is 0 Å². The van der Waals surface area contributed by atoms with Crippen molar-refractivity contribution in [2.75, 3.05) is 0 Å². The van der Waals surface area contributed by atoms with Gasteiger partial charge in [0.05, 0.1) is 5.92 Å². The minimum absolute atomic E-state index is 0.305. The summed E-state index contributed by atoms with van der Waals surface area (Å²) in [6.07, 6.45) is 10.0. The maximum Gasteiger partial charge on any atom is 0.346 e. The molecule has 5 heteroatoms. The number of benzene rings is 1. The predicted octanol–water partition coefficient (Wildman–Crippen LogP) is 5.24. The SMILES string of the molecule is C[C@H]1CC[C@H](c2ccccc2C2(OC(F)F)C=CC(C(=O)O)C=C2)CC1. The van der Waals surface area contributed by atoms with E-state index in [9.17, 15) is 13.6 Å². The fourth-order valence-electron chi connectivity index (χ4n) is 4.03. The van der Waals surface area contributed by atoms with Gasteiger partial charge in [-0.1, -0.05) is 56.2 Å². The van der Waals surface area contributed by atoms with Gasteiger partial charge in [-0.05, 0) is 48.0 Å². The number of alkyl halides is 2. The summed E-state index contributed by atoms with van der Waals surface area (Å²) in [6.45, 7) is -0.729. The van der Waals surface area contributed by atoms with Crippen molar-refractivity contribution in [2.45, 2.75) is 50.7 Å². The molecule has 1 aromatic rings. The van der Waals surface area contributed by atoms with Crippen LogP contribution in [0.4, 0.5) is 8.78 Å². The first-order chi connectivity index (χ1) is 12.4. The van der Waals surface area contributed by atoms with E-state index in [2.05, 4.69) is 6.92 Å². The number of carboxylic acids is 1. The van der Waals surface area contributed by atoms with Gasteiger partial charge in [0.1, 0.15) is 5.60 Å². The maximum atomic E-state index is 13.2. The molecule has 3 nitrogen and oxygen atoms in total. The Balaban J connectivity index is 2.00. The fraction of sp³-hybridized carbons (Fsp3) is 0.476. The van der Waals surface area contributed by atoms with Gasteiger partial charge in [0.25, 0.3) is 0 Å². The Kier molecular flexibility index (Phi) is 5.56. The number of rotatable bonds is 5. The smallest absolute Gasteiger partial charge is 0.346 e. The van der Waals surface area contributed by atoms with E-state index in [1.807, 2.05) is 24.3 Å². The predicted molar refractivity (Wildman–Crippen MR) is 95.0 cm³/mol. The Morgan fingerprint density at radius 3 is 2.35 bits per heavy atom. The Labute approximate surface area is 152 Å². The van der Waals surface area contributed by atoms with Crippen molar-refractivity contribution in [3.63, 3.8) is 0 Å². The quantitative estimate of drug-likeness (QED) is 0.729. The molecule has 3 rings (SSSR count). The van der Waals surface area contributed by atoms with Crippen LogP contribution in [0.25, 0.3) is 0 Å². The number of hydrogen-bond donors (Lipinski definition) is 1. The van der Waals surface area contributed by atoms with Crippen LogP contribution in [0.1, 0.15) is 49.7 Å².